The fraction of sp³-hybridized carbons (Fsp3) is 0.160. The fourth-order valence-electron chi connectivity index (χ4n) is 3.05. The minimum Gasteiger partial charge on any atom is -0.343 e. The van der Waals surface area contributed by atoms with Gasteiger partial charge < -0.3 is 5.32 Å². The third-order valence-corrected chi connectivity index (χ3v) is 6.61. The summed E-state index contributed by atoms with van der Waals surface area (Å²) in [6, 6.07) is 19.6. The normalized spacial score (nSPS) is 10.9. The molecule has 0 aliphatic rings. The van der Waals surface area contributed by atoms with Crippen LogP contribution in [0.5, 0.6) is 0 Å². The van der Waals surface area contributed by atoms with Crippen molar-refractivity contribution in [2.45, 2.75) is 25.3 Å². The zero-order valence-corrected chi connectivity index (χ0v) is 20.1. The summed E-state index contributed by atoms with van der Waals surface area (Å²) >= 11 is 0. The van der Waals surface area contributed by atoms with Crippen LogP contribution < -0.4 is 20.9 Å². The van der Waals surface area contributed by atoms with Gasteiger partial charge in [-0.1, -0.05) is 42.5 Å². The van der Waals surface area contributed by atoms with Crippen molar-refractivity contribution in [3.05, 3.63) is 101 Å². The number of carbonyl (C=O) groups excluding carboxylic acids is 3. The quantitative estimate of drug-likeness (QED) is 0.355. The molecule has 3 aromatic rings. The summed E-state index contributed by atoms with van der Waals surface area (Å²) in [7, 11) is -3.86. The standard InChI is InChI=1S/C25H26N4O5S/c1-17-11-12-21(13-18(17)2)24(31)26-16-23(30)28-29-25(32)20-9-6-10-22(14-20)35(33,34)27-15-19-7-4-3-5-8-19/h3-14,27H,15-16H2,1-2H3,(H,26,31)(H,28,30)(H,29,32). The summed E-state index contributed by atoms with van der Waals surface area (Å²) in [6.07, 6.45) is 0. The van der Waals surface area contributed by atoms with Crippen molar-refractivity contribution < 1.29 is 22.8 Å². The fourth-order valence-corrected chi connectivity index (χ4v) is 4.11. The summed E-state index contributed by atoms with van der Waals surface area (Å²) in [6.45, 7) is 3.56. The number of amides is 3. The van der Waals surface area contributed by atoms with Crippen LogP contribution in [0.25, 0.3) is 0 Å². The Hall–Kier alpha value is -4.02. The highest BCUT2D eigenvalue weighted by Crippen LogP contribution is 2.13. The highest BCUT2D eigenvalue weighted by Gasteiger charge is 2.17. The Morgan fingerprint density at radius 2 is 1.46 bits per heavy atom. The minimum atomic E-state index is -3.86. The lowest BCUT2D eigenvalue weighted by atomic mass is 10.1. The maximum absolute atomic E-state index is 12.6. The molecule has 182 valence electrons. The topological polar surface area (TPSA) is 133 Å². The molecule has 0 saturated carbocycles. The van der Waals surface area contributed by atoms with E-state index in [0.29, 0.717) is 5.56 Å². The molecule has 3 rings (SSSR count). The van der Waals surface area contributed by atoms with Crippen molar-refractivity contribution in [1.29, 1.82) is 0 Å². The molecule has 9 nitrogen and oxygen atoms in total. The first-order valence-electron chi connectivity index (χ1n) is 10.7. The van der Waals surface area contributed by atoms with Gasteiger partial charge in [0.25, 0.3) is 17.7 Å². The summed E-state index contributed by atoms with van der Waals surface area (Å²) in [5, 5.41) is 2.48. The maximum atomic E-state index is 12.6. The van der Waals surface area contributed by atoms with E-state index >= 15 is 0 Å². The Balaban J connectivity index is 1.52. The average molecular weight is 495 g/mol. The first kappa shape index (κ1) is 25.6. The number of hydrogen-bond donors (Lipinski definition) is 4. The van der Waals surface area contributed by atoms with Gasteiger partial charge in [-0.15, -0.1) is 0 Å². The zero-order valence-electron chi connectivity index (χ0n) is 19.3. The Morgan fingerprint density at radius 3 is 2.17 bits per heavy atom. The zero-order chi connectivity index (χ0) is 25.4. The second-order valence-corrected chi connectivity index (χ2v) is 9.59. The molecular formula is C25H26N4O5S. The van der Waals surface area contributed by atoms with E-state index in [2.05, 4.69) is 20.9 Å². The number of benzene rings is 3. The van der Waals surface area contributed by atoms with Crippen molar-refractivity contribution in [3.63, 3.8) is 0 Å². The molecule has 0 spiro atoms. The highest BCUT2D eigenvalue weighted by atomic mass is 32.2. The maximum Gasteiger partial charge on any atom is 0.269 e. The Labute approximate surface area is 204 Å². The molecule has 3 amide bonds. The van der Waals surface area contributed by atoms with Crippen molar-refractivity contribution in [2.24, 2.45) is 0 Å². The van der Waals surface area contributed by atoms with E-state index in [1.807, 2.05) is 26.0 Å². The van der Waals surface area contributed by atoms with E-state index in [0.717, 1.165) is 16.7 Å². The van der Waals surface area contributed by atoms with Crippen LogP contribution in [-0.4, -0.2) is 32.7 Å². The number of carbonyl (C=O) groups is 3. The Bertz CT molecular complexity index is 1340. The van der Waals surface area contributed by atoms with Gasteiger partial charge >= 0.3 is 0 Å². The van der Waals surface area contributed by atoms with Crippen LogP contribution in [0.2, 0.25) is 0 Å². The Morgan fingerprint density at radius 1 is 0.743 bits per heavy atom. The van der Waals surface area contributed by atoms with Gasteiger partial charge in [0, 0.05) is 17.7 Å². The number of aryl methyl sites for hydroxylation is 2. The van der Waals surface area contributed by atoms with Crippen molar-refractivity contribution >= 4 is 27.7 Å². The van der Waals surface area contributed by atoms with Gasteiger partial charge in [-0.2, -0.15) is 0 Å². The number of sulfonamides is 1. The van der Waals surface area contributed by atoms with Crippen LogP contribution in [0.3, 0.4) is 0 Å². The molecule has 0 aliphatic carbocycles. The molecule has 4 N–H and O–H groups in total. The van der Waals surface area contributed by atoms with E-state index in [-0.39, 0.29) is 23.5 Å². The second kappa shape index (κ2) is 11.4. The first-order chi connectivity index (χ1) is 16.7. The van der Waals surface area contributed by atoms with Crippen molar-refractivity contribution in [2.75, 3.05) is 6.54 Å². The minimum absolute atomic E-state index is 0.0343. The van der Waals surface area contributed by atoms with E-state index in [1.165, 1.54) is 24.3 Å². The number of rotatable bonds is 8. The van der Waals surface area contributed by atoms with Crippen molar-refractivity contribution in [3.8, 4) is 0 Å². The van der Waals surface area contributed by atoms with Gasteiger partial charge in [-0.05, 0) is 60.9 Å². The largest absolute Gasteiger partial charge is 0.343 e. The number of nitrogens with one attached hydrogen (secondary N) is 4. The van der Waals surface area contributed by atoms with Gasteiger partial charge in [0.15, 0.2) is 0 Å². The monoisotopic (exact) mass is 494 g/mol. The van der Waals surface area contributed by atoms with Crippen LogP contribution in [-0.2, 0) is 21.4 Å². The molecule has 0 heterocycles. The molecule has 0 radical (unpaired) electrons. The highest BCUT2D eigenvalue weighted by molar-refractivity contribution is 7.89. The lowest BCUT2D eigenvalue weighted by molar-refractivity contribution is -0.120. The van der Waals surface area contributed by atoms with E-state index in [9.17, 15) is 22.8 Å². The van der Waals surface area contributed by atoms with E-state index in [1.54, 1.807) is 36.4 Å². The van der Waals surface area contributed by atoms with Gasteiger partial charge in [-0.3, -0.25) is 25.2 Å². The molecule has 0 unspecified atom stereocenters. The van der Waals surface area contributed by atoms with Crippen LogP contribution in [0.1, 0.15) is 37.4 Å². The molecule has 3 aromatic carbocycles. The number of hydrazine groups is 1. The molecular weight excluding hydrogens is 468 g/mol. The smallest absolute Gasteiger partial charge is 0.269 e. The summed E-state index contributed by atoms with van der Waals surface area (Å²) < 4.78 is 27.7. The first-order valence-corrected chi connectivity index (χ1v) is 12.2. The molecule has 0 saturated heterocycles. The van der Waals surface area contributed by atoms with E-state index < -0.39 is 27.7 Å². The Kier molecular flexibility index (Phi) is 8.34. The van der Waals surface area contributed by atoms with Gasteiger partial charge in [0.1, 0.15) is 0 Å². The number of hydrogen-bond acceptors (Lipinski definition) is 5. The summed E-state index contributed by atoms with van der Waals surface area (Å²) in [5.74, 6) is -1.78. The average Bonchev–Trinajstić information content (AvgIpc) is 2.87. The van der Waals surface area contributed by atoms with Crippen molar-refractivity contribution in [1.82, 2.24) is 20.9 Å². The molecule has 0 aliphatic heterocycles. The molecule has 0 fully saturated rings. The van der Waals surface area contributed by atoms with Crippen LogP contribution >= 0.6 is 0 Å². The molecule has 35 heavy (non-hydrogen) atoms. The lowest BCUT2D eigenvalue weighted by Gasteiger charge is -2.11. The predicted octanol–water partition coefficient (Wildman–Crippen LogP) is 1.97. The van der Waals surface area contributed by atoms with E-state index in [4.69, 9.17) is 0 Å². The van der Waals surface area contributed by atoms with Crippen LogP contribution in [0.4, 0.5) is 0 Å². The molecule has 10 heteroatoms. The molecule has 0 bridgehead atoms. The third-order valence-electron chi connectivity index (χ3n) is 5.21. The second-order valence-electron chi connectivity index (χ2n) is 7.82. The van der Waals surface area contributed by atoms with Gasteiger partial charge in [-0.25, -0.2) is 13.1 Å². The van der Waals surface area contributed by atoms with Gasteiger partial charge in [0.05, 0.1) is 11.4 Å². The predicted molar refractivity (Wildman–Crippen MR) is 131 cm³/mol. The third kappa shape index (κ3) is 7.23. The molecule has 0 atom stereocenters. The SMILES string of the molecule is Cc1ccc(C(=O)NCC(=O)NNC(=O)c2cccc(S(=O)(=O)NCc3ccccc3)c2)cc1C. The molecule has 0 aromatic heterocycles. The summed E-state index contributed by atoms with van der Waals surface area (Å²) in [5.41, 5.74) is 7.65. The van der Waals surface area contributed by atoms with Gasteiger partial charge in [0.2, 0.25) is 10.0 Å². The van der Waals surface area contributed by atoms with Crippen LogP contribution in [0, 0.1) is 13.8 Å². The lowest BCUT2D eigenvalue weighted by Crippen LogP contribution is -2.46. The summed E-state index contributed by atoms with van der Waals surface area (Å²) in [4.78, 5) is 36.6. The van der Waals surface area contributed by atoms with Crippen LogP contribution in [0.15, 0.2) is 77.7 Å².